The van der Waals surface area contributed by atoms with Gasteiger partial charge < -0.3 is 20.4 Å². The third-order valence-corrected chi connectivity index (χ3v) is 3.81. The monoisotopic (exact) mass is 288 g/mol. The number of hydrogen-bond acceptors (Lipinski definition) is 4. The Labute approximate surface area is 123 Å². The van der Waals surface area contributed by atoms with Crippen molar-refractivity contribution in [2.24, 2.45) is 5.73 Å². The number of hydrogen-bond donors (Lipinski definition) is 2. The van der Waals surface area contributed by atoms with Crippen molar-refractivity contribution in [1.82, 2.24) is 14.9 Å². The number of aromatic nitrogens is 2. The molecule has 1 unspecified atom stereocenters. The van der Waals surface area contributed by atoms with Crippen LogP contribution in [0.15, 0.2) is 18.2 Å². The molecule has 0 spiro atoms. The third-order valence-electron chi connectivity index (χ3n) is 3.81. The number of fused-ring (bicyclic) bond motifs is 1. The Bertz CT molecular complexity index is 672. The van der Waals surface area contributed by atoms with E-state index in [0.717, 1.165) is 30.7 Å². The van der Waals surface area contributed by atoms with Crippen molar-refractivity contribution in [3.05, 3.63) is 24.0 Å². The van der Waals surface area contributed by atoms with Crippen molar-refractivity contribution in [1.29, 1.82) is 0 Å². The van der Waals surface area contributed by atoms with E-state index in [1.165, 1.54) is 0 Å². The first kappa shape index (κ1) is 13.9. The largest absolute Gasteiger partial charge is 0.410 e. The molecule has 6 heteroatoms. The van der Waals surface area contributed by atoms with Crippen molar-refractivity contribution in [2.45, 2.75) is 38.8 Å². The number of amides is 1. The zero-order valence-electron chi connectivity index (χ0n) is 12.3. The van der Waals surface area contributed by atoms with Crippen LogP contribution in [0.25, 0.3) is 11.0 Å². The lowest BCUT2D eigenvalue weighted by atomic mass is 10.2. The fourth-order valence-electron chi connectivity index (χ4n) is 2.99. The molecule has 0 aliphatic carbocycles. The fraction of sp³-hybridized carbons (Fsp3) is 0.467. The number of carbonyl (C=O) groups excluding carboxylic acids is 1. The summed E-state index contributed by atoms with van der Waals surface area (Å²) in [6.45, 7) is 5.26. The second-order valence-electron chi connectivity index (χ2n) is 5.63. The van der Waals surface area contributed by atoms with Crippen LogP contribution in [0.2, 0.25) is 0 Å². The molecule has 1 amide bonds. The Morgan fingerprint density at radius 3 is 2.95 bits per heavy atom. The molecule has 6 nitrogen and oxygen atoms in total. The van der Waals surface area contributed by atoms with Crippen LogP contribution >= 0.6 is 0 Å². The summed E-state index contributed by atoms with van der Waals surface area (Å²) in [6.07, 6.45) is 1.40. The van der Waals surface area contributed by atoms with Crippen molar-refractivity contribution < 1.29 is 9.53 Å². The second-order valence-corrected chi connectivity index (χ2v) is 5.63. The molecular formula is C15H20N4O2. The van der Waals surface area contributed by atoms with Gasteiger partial charge in [-0.25, -0.2) is 9.78 Å². The summed E-state index contributed by atoms with van der Waals surface area (Å²) in [6, 6.07) is 6.09. The van der Waals surface area contributed by atoms with Gasteiger partial charge in [-0.05, 0) is 45.4 Å². The lowest BCUT2D eigenvalue weighted by Crippen LogP contribution is -2.19. The first-order chi connectivity index (χ1) is 10.1. The number of nitrogens with two attached hydrogens (primary N) is 1. The minimum atomic E-state index is -0.817. The SMILES string of the molecule is CC(C)n1c(C2CCCN2)nc2c(OC(N)=O)cccc21. The number of primary amides is 1. The standard InChI is InChI=1S/C15H20N4O2/c1-9(2)19-11-6-3-7-12(21-15(16)20)13(11)18-14(19)10-5-4-8-17-10/h3,6-7,9-10,17H,4-5,8H2,1-2H3,(H2,16,20). The Hall–Kier alpha value is -2.08. The molecule has 0 saturated carbocycles. The van der Waals surface area contributed by atoms with Crippen molar-refractivity contribution >= 4 is 17.1 Å². The first-order valence-electron chi connectivity index (χ1n) is 7.29. The van der Waals surface area contributed by atoms with E-state index in [1.807, 2.05) is 12.1 Å². The van der Waals surface area contributed by atoms with Gasteiger partial charge in [-0.1, -0.05) is 6.07 Å². The molecule has 21 heavy (non-hydrogen) atoms. The van der Waals surface area contributed by atoms with E-state index in [0.29, 0.717) is 11.3 Å². The highest BCUT2D eigenvalue weighted by atomic mass is 16.5. The highest BCUT2D eigenvalue weighted by Gasteiger charge is 2.25. The average molecular weight is 288 g/mol. The highest BCUT2D eigenvalue weighted by Crippen LogP contribution is 2.33. The number of rotatable bonds is 3. The van der Waals surface area contributed by atoms with Crippen LogP contribution in [0.5, 0.6) is 5.75 Å². The summed E-state index contributed by atoms with van der Waals surface area (Å²) >= 11 is 0. The van der Waals surface area contributed by atoms with Crippen LogP contribution < -0.4 is 15.8 Å². The Kier molecular flexibility index (Phi) is 3.55. The Morgan fingerprint density at radius 2 is 2.33 bits per heavy atom. The summed E-state index contributed by atoms with van der Waals surface area (Å²) in [5.41, 5.74) is 6.79. The first-order valence-corrected chi connectivity index (χ1v) is 7.29. The van der Waals surface area contributed by atoms with Gasteiger partial charge >= 0.3 is 6.09 Å². The van der Waals surface area contributed by atoms with Gasteiger partial charge in [0.1, 0.15) is 11.3 Å². The van der Waals surface area contributed by atoms with Crippen molar-refractivity contribution in [3.63, 3.8) is 0 Å². The molecule has 112 valence electrons. The molecule has 2 aromatic rings. The molecule has 1 aromatic carbocycles. The predicted octanol–water partition coefficient (Wildman–Crippen LogP) is 2.50. The van der Waals surface area contributed by atoms with Crippen LogP contribution in [-0.4, -0.2) is 22.2 Å². The maximum absolute atomic E-state index is 11.0. The van der Waals surface area contributed by atoms with Gasteiger partial charge in [-0.2, -0.15) is 0 Å². The Morgan fingerprint density at radius 1 is 1.52 bits per heavy atom. The van der Waals surface area contributed by atoms with Gasteiger partial charge in [0.2, 0.25) is 0 Å². The number of benzene rings is 1. The number of nitrogens with zero attached hydrogens (tertiary/aromatic N) is 2. The molecule has 1 fully saturated rings. The molecule has 0 bridgehead atoms. The smallest absolute Gasteiger partial charge is 0.408 e. The molecule has 1 aliphatic rings. The van der Waals surface area contributed by atoms with Gasteiger partial charge in [-0.3, -0.25) is 0 Å². The summed E-state index contributed by atoms with van der Waals surface area (Å²) in [5.74, 6) is 1.41. The number of nitrogens with one attached hydrogen (secondary N) is 1. The molecule has 1 aromatic heterocycles. The summed E-state index contributed by atoms with van der Waals surface area (Å²) in [5, 5.41) is 3.47. The van der Waals surface area contributed by atoms with E-state index in [4.69, 9.17) is 15.5 Å². The van der Waals surface area contributed by atoms with Gasteiger partial charge in [0.05, 0.1) is 11.6 Å². The molecule has 3 rings (SSSR count). The number of carbonyl (C=O) groups is 1. The van der Waals surface area contributed by atoms with Crippen LogP contribution in [0, 0.1) is 0 Å². The number of para-hydroxylation sites is 1. The summed E-state index contributed by atoms with van der Waals surface area (Å²) < 4.78 is 7.28. The van der Waals surface area contributed by atoms with Gasteiger partial charge in [0.15, 0.2) is 5.75 Å². The molecule has 3 N–H and O–H groups in total. The van der Waals surface area contributed by atoms with E-state index in [-0.39, 0.29) is 12.1 Å². The van der Waals surface area contributed by atoms with Crippen LogP contribution in [0.3, 0.4) is 0 Å². The molecule has 2 heterocycles. The number of ether oxygens (including phenoxy) is 1. The molecular weight excluding hydrogens is 268 g/mol. The predicted molar refractivity (Wildman–Crippen MR) is 80.3 cm³/mol. The highest BCUT2D eigenvalue weighted by molar-refractivity contribution is 5.85. The molecule has 1 saturated heterocycles. The van der Waals surface area contributed by atoms with Crippen LogP contribution in [-0.2, 0) is 0 Å². The van der Waals surface area contributed by atoms with Crippen molar-refractivity contribution in [2.75, 3.05) is 6.54 Å². The van der Waals surface area contributed by atoms with Crippen molar-refractivity contribution in [3.8, 4) is 5.75 Å². The minimum absolute atomic E-state index is 0.251. The minimum Gasteiger partial charge on any atom is -0.408 e. The van der Waals surface area contributed by atoms with E-state index in [2.05, 4.69) is 23.7 Å². The average Bonchev–Trinajstić information content (AvgIpc) is 3.05. The van der Waals surface area contributed by atoms with Crippen LogP contribution in [0.1, 0.15) is 44.6 Å². The van der Waals surface area contributed by atoms with E-state index in [9.17, 15) is 4.79 Å². The maximum atomic E-state index is 11.0. The van der Waals surface area contributed by atoms with Gasteiger partial charge in [0.25, 0.3) is 0 Å². The maximum Gasteiger partial charge on any atom is 0.410 e. The van der Waals surface area contributed by atoms with Gasteiger partial charge in [-0.15, -0.1) is 0 Å². The topological polar surface area (TPSA) is 82.2 Å². The quantitative estimate of drug-likeness (QED) is 0.909. The van der Waals surface area contributed by atoms with E-state index in [1.54, 1.807) is 6.07 Å². The summed E-state index contributed by atoms with van der Waals surface area (Å²) in [4.78, 5) is 15.8. The van der Waals surface area contributed by atoms with E-state index < -0.39 is 6.09 Å². The zero-order valence-corrected chi connectivity index (χ0v) is 12.3. The van der Waals surface area contributed by atoms with Gasteiger partial charge in [0, 0.05) is 6.04 Å². The van der Waals surface area contributed by atoms with Crippen LogP contribution in [0.4, 0.5) is 4.79 Å². The summed E-state index contributed by atoms with van der Waals surface area (Å²) in [7, 11) is 0. The Balaban J connectivity index is 2.18. The molecule has 0 radical (unpaired) electrons. The zero-order chi connectivity index (χ0) is 15.0. The second kappa shape index (κ2) is 5.37. The molecule has 1 atom stereocenters. The third kappa shape index (κ3) is 2.47. The molecule has 1 aliphatic heterocycles. The van der Waals surface area contributed by atoms with E-state index >= 15 is 0 Å². The lowest BCUT2D eigenvalue weighted by molar-refractivity contribution is 0.211. The fourth-order valence-corrected chi connectivity index (χ4v) is 2.99. The lowest BCUT2D eigenvalue weighted by Gasteiger charge is -2.17. The number of imidazole rings is 1. The normalized spacial score (nSPS) is 18.5.